The molecule has 0 unspecified atom stereocenters. The molecule has 1 aliphatic rings. The molecule has 24 heavy (non-hydrogen) atoms. The maximum absolute atomic E-state index is 13.1. The van der Waals surface area contributed by atoms with E-state index in [1.807, 2.05) is 42.5 Å². The SMILES string of the molecule is N[C@@H](Cc1ccccc1)C(=O)NCC1(c2ccc(F)cc2)CCC1. The minimum Gasteiger partial charge on any atom is -0.354 e. The molecule has 1 fully saturated rings. The Morgan fingerprint density at radius 1 is 1.12 bits per heavy atom. The molecule has 2 aromatic carbocycles. The lowest BCUT2D eigenvalue weighted by Gasteiger charge is -2.42. The molecule has 1 amide bonds. The van der Waals surface area contributed by atoms with Crippen LogP contribution in [0.2, 0.25) is 0 Å². The third-order valence-corrected chi connectivity index (χ3v) is 5.00. The van der Waals surface area contributed by atoms with E-state index in [0.29, 0.717) is 13.0 Å². The highest BCUT2D eigenvalue weighted by Crippen LogP contribution is 2.43. The Kier molecular flexibility index (Phi) is 4.95. The molecule has 0 aromatic heterocycles. The van der Waals surface area contributed by atoms with Crippen LogP contribution >= 0.6 is 0 Å². The first-order valence-electron chi connectivity index (χ1n) is 8.42. The largest absolute Gasteiger partial charge is 0.354 e. The average Bonchev–Trinajstić information content (AvgIpc) is 2.56. The van der Waals surface area contributed by atoms with E-state index in [2.05, 4.69) is 5.32 Å². The van der Waals surface area contributed by atoms with E-state index < -0.39 is 6.04 Å². The third-order valence-electron chi connectivity index (χ3n) is 5.00. The van der Waals surface area contributed by atoms with Gasteiger partial charge in [-0.3, -0.25) is 4.79 Å². The molecule has 0 aliphatic heterocycles. The van der Waals surface area contributed by atoms with Crippen molar-refractivity contribution in [3.05, 3.63) is 71.5 Å². The van der Waals surface area contributed by atoms with Gasteiger partial charge in [-0.05, 0) is 42.5 Å². The maximum atomic E-state index is 13.1. The van der Waals surface area contributed by atoms with Crippen LogP contribution in [0.25, 0.3) is 0 Å². The van der Waals surface area contributed by atoms with Crippen molar-refractivity contribution in [1.29, 1.82) is 0 Å². The smallest absolute Gasteiger partial charge is 0.237 e. The van der Waals surface area contributed by atoms with Gasteiger partial charge in [0.05, 0.1) is 6.04 Å². The molecule has 3 N–H and O–H groups in total. The Morgan fingerprint density at radius 2 is 1.79 bits per heavy atom. The monoisotopic (exact) mass is 326 g/mol. The normalized spacial score (nSPS) is 16.9. The summed E-state index contributed by atoms with van der Waals surface area (Å²) in [5.74, 6) is -0.366. The predicted molar refractivity (Wildman–Crippen MR) is 93.1 cm³/mol. The molecule has 1 atom stereocenters. The van der Waals surface area contributed by atoms with Gasteiger partial charge in [0.1, 0.15) is 5.82 Å². The Morgan fingerprint density at radius 3 is 2.38 bits per heavy atom. The highest BCUT2D eigenvalue weighted by molar-refractivity contribution is 5.82. The van der Waals surface area contributed by atoms with Crippen LogP contribution in [0.1, 0.15) is 30.4 Å². The van der Waals surface area contributed by atoms with E-state index in [1.54, 1.807) is 0 Å². The molecule has 0 heterocycles. The minimum atomic E-state index is -0.558. The summed E-state index contributed by atoms with van der Waals surface area (Å²) in [7, 11) is 0. The molecule has 3 rings (SSSR count). The highest BCUT2D eigenvalue weighted by Gasteiger charge is 2.39. The van der Waals surface area contributed by atoms with Crippen LogP contribution in [-0.4, -0.2) is 18.5 Å². The van der Waals surface area contributed by atoms with Gasteiger partial charge in [0.25, 0.3) is 0 Å². The van der Waals surface area contributed by atoms with Crippen molar-refractivity contribution in [2.75, 3.05) is 6.54 Å². The first-order valence-corrected chi connectivity index (χ1v) is 8.42. The molecule has 1 saturated carbocycles. The molecule has 126 valence electrons. The number of rotatable bonds is 6. The van der Waals surface area contributed by atoms with Gasteiger partial charge in [0, 0.05) is 12.0 Å². The van der Waals surface area contributed by atoms with Gasteiger partial charge >= 0.3 is 0 Å². The first kappa shape index (κ1) is 16.7. The van der Waals surface area contributed by atoms with Gasteiger partial charge in [0.2, 0.25) is 5.91 Å². The molecular weight excluding hydrogens is 303 g/mol. The lowest BCUT2D eigenvalue weighted by Crippen LogP contribution is -2.50. The van der Waals surface area contributed by atoms with Crippen molar-refractivity contribution in [3.8, 4) is 0 Å². The number of carbonyl (C=O) groups is 1. The Balaban J connectivity index is 1.59. The molecule has 0 saturated heterocycles. The summed E-state index contributed by atoms with van der Waals surface area (Å²) < 4.78 is 13.1. The van der Waals surface area contributed by atoms with E-state index >= 15 is 0 Å². The van der Waals surface area contributed by atoms with Crippen LogP contribution in [0.3, 0.4) is 0 Å². The summed E-state index contributed by atoms with van der Waals surface area (Å²) in [6.45, 7) is 0.556. The van der Waals surface area contributed by atoms with Crippen LogP contribution in [0.4, 0.5) is 4.39 Å². The Hall–Kier alpha value is -2.20. The van der Waals surface area contributed by atoms with E-state index in [9.17, 15) is 9.18 Å². The molecule has 2 aromatic rings. The van der Waals surface area contributed by atoms with Crippen molar-refractivity contribution in [2.45, 2.75) is 37.1 Å². The van der Waals surface area contributed by atoms with Crippen LogP contribution in [0, 0.1) is 5.82 Å². The standard InChI is InChI=1S/C20H23FN2O/c21-17-9-7-16(8-10-17)20(11-4-12-20)14-23-19(24)18(22)13-15-5-2-1-3-6-15/h1-3,5-10,18H,4,11-14,22H2,(H,23,24)/t18-/m0/s1. The van der Waals surface area contributed by atoms with E-state index in [-0.39, 0.29) is 17.1 Å². The van der Waals surface area contributed by atoms with Crippen LogP contribution < -0.4 is 11.1 Å². The Bertz CT molecular complexity index is 681. The topological polar surface area (TPSA) is 55.1 Å². The van der Waals surface area contributed by atoms with Crippen molar-refractivity contribution in [2.24, 2.45) is 5.73 Å². The minimum absolute atomic E-state index is 0.0736. The number of nitrogens with one attached hydrogen (secondary N) is 1. The van der Waals surface area contributed by atoms with Crippen LogP contribution in [0.5, 0.6) is 0 Å². The highest BCUT2D eigenvalue weighted by atomic mass is 19.1. The Labute approximate surface area is 142 Å². The van der Waals surface area contributed by atoms with E-state index in [4.69, 9.17) is 5.73 Å². The number of carbonyl (C=O) groups excluding carboxylic acids is 1. The summed E-state index contributed by atoms with van der Waals surface area (Å²) >= 11 is 0. The molecule has 3 nitrogen and oxygen atoms in total. The van der Waals surface area contributed by atoms with Crippen LogP contribution in [0.15, 0.2) is 54.6 Å². The second-order valence-corrected chi connectivity index (χ2v) is 6.65. The number of halogens is 1. The van der Waals surface area contributed by atoms with Gasteiger partial charge < -0.3 is 11.1 Å². The third kappa shape index (κ3) is 3.65. The van der Waals surface area contributed by atoms with Gasteiger partial charge in [0.15, 0.2) is 0 Å². The number of benzene rings is 2. The zero-order chi connectivity index (χ0) is 17.0. The van der Waals surface area contributed by atoms with Gasteiger partial charge in [-0.2, -0.15) is 0 Å². The second-order valence-electron chi connectivity index (χ2n) is 6.65. The summed E-state index contributed by atoms with van der Waals surface area (Å²) in [6, 6.07) is 15.8. The average molecular weight is 326 g/mol. The van der Waals surface area contributed by atoms with Crippen molar-refractivity contribution in [1.82, 2.24) is 5.32 Å². The van der Waals surface area contributed by atoms with Gasteiger partial charge in [-0.25, -0.2) is 4.39 Å². The molecule has 0 bridgehead atoms. The zero-order valence-electron chi connectivity index (χ0n) is 13.7. The lowest BCUT2D eigenvalue weighted by molar-refractivity contribution is -0.122. The quantitative estimate of drug-likeness (QED) is 0.857. The fourth-order valence-corrected chi connectivity index (χ4v) is 3.32. The summed E-state index contributed by atoms with van der Waals surface area (Å²) in [4.78, 5) is 12.3. The van der Waals surface area contributed by atoms with Gasteiger partial charge in [-0.15, -0.1) is 0 Å². The maximum Gasteiger partial charge on any atom is 0.237 e. The molecule has 1 aliphatic carbocycles. The second kappa shape index (κ2) is 7.14. The summed E-state index contributed by atoms with van der Waals surface area (Å²) in [5.41, 5.74) is 8.10. The predicted octanol–water partition coefficient (Wildman–Crippen LogP) is 2.93. The lowest BCUT2D eigenvalue weighted by atomic mass is 9.64. The number of hydrogen-bond donors (Lipinski definition) is 2. The molecule has 4 heteroatoms. The zero-order valence-corrected chi connectivity index (χ0v) is 13.7. The molecule has 0 radical (unpaired) electrons. The summed E-state index contributed by atoms with van der Waals surface area (Å²) in [5, 5.41) is 3.00. The number of amides is 1. The van der Waals surface area contributed by atoms with Crippen molar-refractivity contribution < 1.29 is 9.18 Å². The molecule has 0 spiro atoms. The van der Waals surface area contributed by atoms with E-state index in [1.165, 1.54) is 12.1 Å². The van der Waals surface area contributed by atoms with Crippen molar-refractivity contribution in [3.63, 3.8) is 0 Å². The van der Waals surface area contributed by atoms with Crippen molar-refractivity contribution >= 4 is 5.91 Å². The van der Waals surface area contributed by atoms with Gasteiger partial charge in [-0.1, -0.05) is 48.9 Å². The first-order chi connectivity index (χ1) is 11.6. The number of hydrogen-bond acceptors (Lipinski definition) is 2. The van der Waals surface area contributed by atoms with Crippen LogP contribution in [-0.2, 0) is 16.6 Å². The number of nitrogens with two attached hydrogens (primary N) is 1. The summed E-state index contributed by atoms with van der Waals surface area (Å²) in [6.07, 6.45) is 3.67. The fraction of sp³-hybridized carbons (Fsp3) is 0.350. The fourth-order valence-electron chi connectivity index (χ4n) is 3.32. The van der Waals surface area contributed by atoms with E-state index in [0.717, 1.165) is 30.4 Å². The molecular formula is C20H23FN2O.